The molecule has 0 spiro atoms. The Morgan fingerprint density at radius 2 is 1.74 bits per heavy atom. The average molecular weight is 421 g/mol. The molecule has 0 atom stereocenters. The third-order valence-electron chi connectivity index (χ3n) is 3.59. The fourth-order valence-electron chi connectivity index (χ4n) is 2.34. The molecule has 0 aromatic heterocycles. The molecule has 0 fully saturated rings. The van der Waals surface area contributed by atoms with Crippen molar-refractivity contribution in [2.75, 3.05) is 18.9 Å². The number of carbonyl (C=O) groups excluding carboxylic acids is 1. The highest BCUT2D eigenvalue weighted by Gasteiger charge is 2.32. The summed E-state index contributed by atoms with van der Waals surface area (Å²) in [5.41, 5.74) is 0.698. The minimum Gasteiger partial charge on any atom is -0.405 e. The van der Waals surface area contributed by atoms with Gasteiger partial charge >= 0.3 is 6.36 Å². The fourth-order valence-corrected chi connectivity index (χ4v) is 2.83. The molecule has 0 bridgehead atoms. The van der Waals surface area contributed by atoms with E-state index in [-0.39, 0.29) is 24.6 Å². The van der Waals surface area contributed by atoms with Crippen LogP contribution < -0.4 is 10.1 Å². The van der Waals surface area contributed by atoms with E-state index < -0.39 is 6.36 Å². The molecule has 2 aromatic rings. The lowest BCUT2D eigenvalue weighted by molar-refractivity contribution is -0.275. The van der Waals surface area contributed by atoms with E-state index >= 15 is 0 Å². The van der Waals surface area contributed by atoms with E-state index in [4.69, 9.17) is 23.2 Å². The summed E-state index contributed by atoms with van der Waals surface area (Å²) in [5, 5.41) is 3.28. The van der Waals surface area contributed by atoms with E-state index in [1.165, 1.54) is 12.1 Å². The van der Waals surface area contributed by atoms with E-state index in [1.54, 1.807) is 42.3 Å². The molecule has 0 aliphatic carbocycles. The number of hydrogen-bond donors (Lipinski definition) is 1. The number of ether oxygens (including phenoxy) is 1. The third-order valence-corrected chi connectivity index (χ3v) is 4.22. The summed E-state index contributed by atoms with van der Waals surface area (Å²) >= 11 is 12.0. The van der Waals surface area contributed by atoms with Crippen molar-refractivity contribution in [3.05, 3.63) is 58.1 Å². The highest BCUT2D eigenvalue weighted by atomic mass is 35.5. The monoisotopic (exact) mass is 420 g/mol. The van der Waals surface area contributed by atoms with E-state index in [0.717, 1.165) is 0 Å². The number of halogens is 5. The Morgan fingerprint density at radius 1 is 1.11 bits per heavy atom. The average Bonchev–Trinajstić information content (AvgIpc) is 2.57. The second kappa shape index (κ2) is 9.30. The lowest BCUT2D eigenvalue weighted by Crippen LogP contribution is -2.25. The molecule has 0 radical (unpaired) electrons. The first-order valence-electron chi connectivity index (χ1n) is 7.92. The smallest absolute Gasteiger partial charge is 0.405 e. The van der Waals surface area contributed by atoms with Crippen molar-refractivity contribution in [2.45, 2.75) is 19.3 Å². The molecule has 0 unspecified atom stereocenters. The van der Waals surface area contributed by atoms with Crippen LogP contribution in [0.3, 0.4) is 0 Å². The molecule has 4 nitrogen and oxygen atoms in total. The Kier molecular flexibility index (Phi) is 7.35. The summed E-state index contributed by atoms with van der Waals surface area (Å²) in [7, 11) is 1.69. The first-order valence-corrected chi connectivity index (χ1v) is 8.67. The van der Waals surface area contributed by atoms with Crippen molar-refractivity contribution in [1.29, 1.82) is 0 Å². The van der Waals surface area contributed by atoms with Crippen LogP contribution in [0.5, 0.6) is 5.75 Å². The number of alkyl halides is 3. The Hall–Kier alpha value is -1.96. The number of hydrogen-bond acceptors (Lipinski definition) is 3. The third kappa shape index (κ3) is 6.93. The number of rotatable bonds is 7. The number of carbonyl (C=O) groups is 1. The van der Waals surface area contributed by atoms with Gasteiger partial charge in [0.1, 0.15) is 5.75 Å². The van der Waals surface area contributed by atoms with Crippen LogP contribution in [0, 0.1) is 0 Å². The van der Waals surface area contributed by atoms with Gasteiger partial charge in [0.05, 0.1) is 15.7 Å². The van der Waals surface area contributed by atoms with Gasteiger partial charge < -0.3 is 15.0 Å². The Balaban J connectivity index is 1.91. The summed E-state index contributed by atoms with van der Waals surface area (Å²) in [5.74, 6) is -0.569. The maximum absolute atomic E-state index is 12.5. The highest BCUT2D eigenvalue weighted by molar-refractivity contribution is 6.39. The maximum Gasteiger partial charge on any atom is 0.573 e. The molecular formula is C18H17Cl2F3N2O2. The van der Waals surface area contributed by atoms with E-state index in [9.17, 15) is 18.0 Å². The van der Waals surface area contributed by atoms with Crippen LogP contribution in [0.15, 0.2) is 42.5 Å². The Morgan fingerprint density at radius 3 is 2.37 bits per heavy atom. The first kappa shape index (κ1) is 21.3. The number of amides is 1. The van der Waals surface area contributed by atoms with Crippen LogP contribution in [0.2, 0.25) is 10.0 Å². The Labute approximate surface area is 164 Å². The molecule has 0 aliphatic heterocycles. The SMILES string of the molecule is CN(CCC(=O)Nc1c(Cl)cccc1Cl)Cc1ccccc1OC(F)(F)F. The highest BCUT2D eigenvalue weighted by Crippen LogP contribution is 2.30. The van der Waals surface area contributed by atoms with E-state index in [0.29, 0.717) is 27.8 Å². The minimum absolute atomic E-state index is 0.111. The van der Waals surface area contributed by atoms with Gasteiger partial charge in [-0.05, 0) is 25.2 Å². The quantitative estimate of drug-likeness (QED) is 0.655. The van der Waals surface area contributed by atoms with Crippen LogP contribution in [-0.2, 0) is 11.3 Å². The molecule has 146 valence electrons. The summed E-state index contributed by atoms with van der Waals surface area (Å²) in [6.45, 7) is 0.501. The lowest BCUT2D eigenvalue weighted by atomic mass is 10.2. The van der Waals surface area contributed by atoms with Crippen LogP contribution in [-0.4, -0.2) is 30.8 Å². The summed E-state index contributed by atoms with van der Waals surface area (Å²) in [6, 6.07) is 10.8. The normalized spacial score (nSPS) is 11.5. The zero-order valence-corrected chi connectivity index (χ0v) is 15.8. The molecule has 0 saturated carbocycles. The van der Waals surface area contributed by atoms with Gasteiger partial charge in [0.15, 0.2) is 0 Å². The molecule has 0 heterocycles. The maximum atomic E-state index is 12.5. The van der Waals surface area contributed by atoms with Crippen LogP contribution in [0.1, 0.15) is 12.0 Å². The zero-order chi connectivity index (χ0) is 20.0. The first-order chi connectivity index (χ1) is 12.7. The molecule has 1 amide bonds. The van der Waals surface area contributed by atoms with Crippen molar-refractivity contribution in [3.63, 3.8) is 0 Å². The predicted octanol–water partition coefficient (Wildman–Crippen LogP) is 5.35. The van der Waals surface area contributed by atoms with Gasteiger partial charge in [-0.25, -0.2) is 0 Å². The molecule has 9 heteroatoms. The molecule has 2 rings (SSSR count). The second-order valence-electron chi connectivity index (χ2n) is 5.79. The molecule has 2 aromatic carbocycles. The van der Waals surface area contributed by atoms with Crippen LogP contribution in [0.25, 0.3) is 0 Å². The van der Waals surface area contributed by atoms with Crippen LogP contribution in [0.4, 0.5) is 18.9 Å². The minimum atomic E-state index is -4.76. The van der Waals surface area contributed by atoms with Crippen molar-refractivity contribution < 1.29 is 22.7 Å². The van der Waals surface area contributed by atoms with Crippen molar-refractivity contribution >= 4 is 34.8 Å². The van der Waals surface area contributed by atoms with Gasteiger partial charge in [0, 0.05) is 25.1 Å². The number of nitrogens with one attached hydrogen (secondary N) is 1. The number of nitrogens with zero attached hydrogens (tertiary/aromatic N) is 1. The number of para-hydroxylation sites is 2. The zero-order valence-electron chi connectivity index (χ0n) is 14.3. The van der Waals surface area contributed by atoms with E-state index in [1.807, 2.05) is 0 Å². The van der Waals surface area contributed by atoms with Gasteiger partial charge in [0.2, 0.25) is 5.91 Å². The molecule has 0 saturated heterocycles. The van der Waals surface area contributed by atoms with Crippen LogP contribution >= 0.6 is 23.2 Å². The topological polar surface area (TPSA) is 41.6 Å². The summed E-state index contributed by atoms with van der Waals surface area (Å²) in [4.78, 5) is 13.8. The molecule has 1 N–H and O–H groups in total. The second-order valence-corrected chi connectivity index (χ2v) is 6.60. The van der Waals surface area contributed by atoms with Crippen molar-refractivity contribution in [1.82, 2.24) is 4.90 Å². The van der Waals surface area contributed by atoms with Gasteiger partial charge in [0.25, 0.3) is 0 Å². The van der Waals surface area contributed by atoms with Gasteiger partial charge in [-0.3, -0.25) is 4.79 Å². The van der Waals surface area contributed by atoms with Crippen molar-refractivity contribution in [2.24, 2.45) is 0 Å². The van der Waals surface area contributed by atoms with Gasteiger partial charge in [-0.15, -0.1) is 13.2 Å². The van der Waals surface area contributed by atoms with Gasteiger partial charge in [-0.2, -0.15) is 0 Å². The number of anilines is 1. The van der Waals surface area contributed by atoms with E-state index in [2.05, 4.69) is 10.1 Å². The summed E-state index contributed by atoms with van der Waals surface area (Å²) in [6.07, 6.45) is -4.65. The summed E-state index contributed by atoms with van der Waals surface area (Å²) < 4.78 is 41.5. The van der Waals surface area contributed by atoms with Crippen molar-refractivity contribution in [3.8, 4) is 5.75 Å². The number of benzene rings is 2. The fraction of sp³-hybridized carbons (Fsp3) is 0.278. The molecule has 27 heavy (non-hydrogen) atoms. The Bertz CT molecular complexity index is 780. The van der Waals surface area contributed by atoms with Gasteiger partial charge in [-0.1, -0.05) is 47.5 Å². The molecular weight excluding hydrogens is 404 g/mol. The predicted molar refractivity (Wildman–Crippen MR) is 99.2 cm³/mol. The molecule has 0 aliphatic rings. The largest absolute Gasteiger partial charge is 0.573 e. The standard InChI is InChI=1S/C18H17Cl2F3N2O2/c1-25(11-12-5-2-3-8-15(12)27-18(21,22)23)10-9-16(26)24-17-13(19)6-4-7-14(17)20/h2-8H,9-11H2,1H3,(H,24,26). The lowest BCUT2D eigenvalue weighted by Gasteiger charge is -2.19.